The first kappa shape index (κ1) is 14.2. The number of hydrogen-bond acceptors (Lipinski definition) is 3. The van der Waals surface area contributed by atoms with Crippen molar-refractivity contribution in [2.24, 2.45) is 5.92 Å². The Balaban J connectivity index is 2.28. The summed E-state index contributed by atoms with van der Waals surface area (Å²) in [5, 5.41) is 3.41. The second-order valence-corrected chi connectivity index (χ2v) is 5.21. The zero-order chi connectivity index (χ0) is 13.8. The van der Waals surface area contributed by atoms with E-state index >= 15 is 0 Å². The van der Waals surface area contributed by atoms with Gasteiger partial charge in [-0.3, -0.25) is 0 Å². The Morgan fingerprint density at radius 3 is 2.68 bits per heavy atom. The third kappa shape index (κ3) is 2.86. The van der Waals surface area contributed by atoms with Crippen molar-refractivity contribution in [3.8, 4) is 11.5 Å². The number of hydrogen-bond donors (Lipinski definition) is 1. The van der Waals surface area contributed by atoms with Crippen LogP contribution in [0.5, 0.6) is 11.5 Å². The second kappa shape index (κ2) is 6.29. The summed E-state index contributed by atoms with van der Waals surface area (Å²) in [5.74, 6) is 2.53. The topological polar surface area (TPSA) is 30.5 Å². The molecule has 0 fully saturated rings. The van der Waals surface area contributed by atoms with Crippen LogP contribution in [0.1, 0.15) is 44.7 Å². The van der Waals surface area contributed by atoms with E-state index < -0.39 is 0 Å². The van der Waals surface area contributed by atoms with Crippen LogP contribution in [0.3, 0.4) is 0 Å². The fraction of sp³-hybridized carbons (Fsp3) is 0.625. The Morgan fingerprint density at radius 2 is 2.11 bits per heavy atom. The summed E-state index contributed by atoms with van der Waals surface area (Å²) >= 11 is 0. The molecule has 106 valence electrons. The molecule has 1 aromatic rings. The fourth-order valence-electron chi connectivity index (χ4n) is 2.98. The van der Waals surface area contributed by atoms with Crippen molar-refractivity contribution in [2.75, 3.05) is 14.2 Å². The van der Waals surface area contributed by atoms with Gasteiger partial charge in [0.15, 0.2) is 0 Å². The van der Waals surface area contributed by atoms with Crippen LogP contribution in [0, 0.1) is 5.92 Å². The highest BCUT2D eigenvalue weighted by molar-refractivity contribution is 5.43. The van der Waals surface area contributed by atoms with Crippen LogP contribution >= 0.6 is 0 Å². The Bertz CT molecular complexity index is 415. The van der Waals surface area contributed by atoms with Crippen molar-refractivity contribution in [3.05, 3.63) is 23.8 Å². The molecule has 0 amide bonds. The molecule has 3 heteroatoms. The molecule has 0 aromatic heterocycles. The van der Waals surface area contributed by atoms with E-state index in [1.807, 2.05) is 19.2 Å². The van der Waals surface area contributed by atoms with Crippen molar-refractivity contribution in [1.29, 1.82) is 0 Å². The molecule has 1 aromatic carbocycles. The van der Waals surface area contributed by atoms with Crippen molar-refractivity contribution in [1.82, 2.24) is 5.32 Å². The Morgan fingerprint density at radius 1 is 1.37 bits per heavy atom. The maximum atomic E-state index is 6.21. The minimum absolute atomic E-state index is 0.313. The van der Waals surface area contributed by atoms with Crippen LogP contribution in [0.2, 0.25) is 0 Å². The van der Waals surface area contributed by atoms with Gasteiger partial charge in [0.1, 0.15) is 17.6 Å². The van der Waals surface area contributed by atoms with Crippen molar-refractivity contribution >= 4 is 0 Å². The third-order valence-electron chi connectivity index (χ3n) is 4.26. The lowest BCUT2D eigenvalue weighted by Gasteiger charge is -2.36. The predicted octanol–water partition coefficient (Wildman–Crippen LogP) is 3.54. The van der Waals surface area contributed by atoms with E-state index in [0.717, 1.165) is 17.9 Å². The lowest BCUT2D eigenvalue weighted by Crippen LogP contribution is -2.36. The Hall–Kier alpha value is -1.22. The average molecular weight is 263 g/mol. The Labute approximate surface area is 116 Å². The number of rotatable bonds is 5. The van der Waals surface area contributed by atoms with Crippen LogP contribution in [0.15, 0.2) is 18.2 Å². The molecule has 2 rings (SSSR count). The SMILES string of the molecule is CCC(CC)C1CC(NC)c2cc(OC)ccc2O1. The summed E-state index contributed by atoms with van der Waals surface area (Å²) in [4.78, 5) is 0. The number of nitrogens with one attached hydrogen (secondary N) is 1. The van der Waals surface area contributed by atoms with Gasteiger partial charge in [-0.15, -0.1) is 0 Å². The minimum atomic E-state index is 0.313. The predicted molar refractivity (Wildman–Crippen MR) is 77.9 cm³/mol. The molecule has 0 aliphatic carbocycles. The standard InChI is InChI=1S/C16H25NO2/c1-5-11(6-2)16-10-14(17-3)13-9-12(18-4)7-8-15(13)19-16/h7-9,11,14,16-17H,5-6,10H2,1-4H3. The van der Waals surface area contributed by atoms with Gasteiger partial charge in [-0.05, 0) is 44.0 Å². The largest absolute Gasteiger partial charge is 0.497 e. The zero-order valence-electron chi connectivity index (χ0n) is 12.4. The number of ether oxygens (including phenoxy) is 2. The summed E-state index contributed by atoms with van der Waals surface area (Å²) in [6, 6.07) is 6.44. The van der Waals surface area contributed by atoms with Gasteiger partial charge in [0, 0.05) is 18.0 Å². The van der Waals surface area contributed by atoms with Gasteiger partial charge in [-0.1, -0.05) is 13.8 Å². The average Bonchev–Trinajstić information content (AvgIpc) is 2.47. The van der Waals surface area contributed by atoms with Gasteiger partial charge < -0.3 is 14.8 Å². The molecule has 0 spiro atoms. The molecule has 0 saturated heterocycles. The van der Waals surface area contributed by atoms with Crippen molar-refractivity contribution in [2.45, 2.75) is 45.3 Å². The smallest absolute Gasteiger partial charge is 0.124 e. The van der Waals surface area contributed by atoms with E-state index in [1.54, 1.807) is 7.11 Å². The summed E-state index contributed by atoms with van der Waals surface area (Å²) < 4.78 is 11.5. The lowest BCUT2D eigenvalue weighted by molar-refractivity contribution is 0.0892. The molecule has 1 N–H and O–H groups in total. The van der Waals surface area contributed by atoms with E-state index in [4.69, 9.17) is 9.47 Å². The maximum absolute atomic E-state index is 6.21. The molecule has 0 radical (unpaired) electrons. The highest BCUT2D eigenvalue weighted by atomic mass is 16.5. The maximum Gasteiger partial charge on any atom is 0.124 e. The molecule has 3 nitrogen and oxygen atoms in total. The van der Waals surface area contributed by atoms with Gasteiger partial charge in [-0.25, -0.2) is 0 Å². The zero-order valence-corrected chi connectivity index (χ0v) is 12.4. The van der Waals surface area contributed by atoms with Crippen LogP contribution in [-0.2, 0) is 0 Å². The van der Waals surface area contributed by atoms with Gasteiger partial charge in [0.2, 0.25) is 0 Å². The van der Waals surface area contributed by atoms with Crippen LogP contribution in [0.4, 0.5) is 0 Å². The van der Waals surface area contributed by atoms with E-state index in [9.17, 15) is 0 Å². The lowest BCUT2D eigenvalue weighted by atomic mass is 9.87. The van der Waals surface area contributed by atoms with E-state index in [1.165, 1.54) is 18.4 Å². The number of methoxy groups -OCH3 is 1. The summed E-state index contributed by atoms with van der Waals surface area (Å²) in [6.07, 6.45) is 3.68. The van der Waals surface area contributed by atoms with Crippen molar-refractivity contribution in [3.63, 3.8) is 0 Å². The molecule has 19 heavy (non-hydrogen) atoms. The Kier molecular flexibility index (Phi) is 4.70. The van der Waals surface area contributed by atoms with Gasteiger partial charge >= 0.3 is 0 Å². The van der Waals surface area contributed by atoms with Crippen LogP contribution in [0.25, 0.3) is 0 Å². The van der Waals surface area contributed by atoms with Crippen LogP contribution in [-0.4, -0.2) is 20.3 Å². The quantitative estimate of drug-likeness (QED) is 0.881. The molecule has 0 saturated carbocycles. The first-order valence-corrected chi connectivity index (χ1v) is 7.25. The summed E-state index contributed by atoms with van der Waals surface area (Å²) in [5.41, 5.74) is 1.21. The molecule has 2 unspecified atom stereocenters. The van der Waals surface area contributed by atoms with E-state index in [2.05, 4.69) is 25.2 Å². The molecular weight excluding hydrogens is 238 g/mol. The van der Waals surface area contributed by atoms with E-state index in [0.29, 0.717) is 18.1 Å². The normalized spacial score (nSPS) is 21.9. The molecular formula is C16H25NO2. The molecule has 2 atom stereocenters. The number of benzene rings is 1. The van der Waals surface area contributed by atoms with E-state index in [-0.39, 0.29) is 0 Å². The highest BCUT2D eigenvalue weighted by Gasteiger charge is 2.31. The van der Waals surface area contributed by atoms with Crippen LogP contribution < -0.4 is 14.8 Å². The van der Waals surface area contributed by atoms with Crippen molar-refractivity contribution < 1.29 is 9.47 Å². The minimum Gasteiger partial charge on any atom is -0.497 e. The van der Waals surface area contributed by atoms with Gasteiger partial charge in [-0.2, -0.15) is 0 Å². The first-order chi connectivity index (χ1) is 9.23. The number of fused-ring (bicyclic) bond motifs is 1. The van der Waals surface area contributed by atoms with Gasteiger partial charge in [0.05, 0.1) is 7.11 Å². The second-order valence-electron chi connectivity index (χ2n) is 5.21. The first-order valence-electron chi connectivity index (χ1n) is 7.25. The monoisotopic (exact) mass is 263 g/mol. The third-order valence-corrected chi connectivity index (χ3v) is 4.26. The molecule has 0 bridgehead atoms. The fourth-order valence-corrected chi connectivity index (χ4v) is 2.98. The molecule has 1 aliphatic heterocycles. The summed E-state index contributed by atoms with van der Waals surface area (Å²) in [6.45, 7) is 4.49. The van der Waals surface area contributed by atoms with Gasteiger partial charge in [0.25, 0.3) is 0 Å². The highest BCUT2D eigenvalue weighted by Crippen LogP contribution is 2.39. The molecule has 1 heterocycles. The molecule has 1 aliphatic rings. The summed E-state index contributed by atoms with van der Waals surface area (Å²) in [7, 11) is 3.72.